The van der Waals surface area contributed by atoms with Crippen LogP contribution in [0.15, 0.2) is 24.3 Å². The molecule has 3 aliphatic carbocycles. The minimum absolute atomic E-state index is 0.255. The minimum atomic E-state index is -2.91. The highest BCUT2D eigenvalue weighted by molar-refractivity contribution is 7.88. The number of aromatic nitrogens is 2. The Morgan fingerprint density at radius 1 is 1.05 bits per heavy atom. The van der Waals surface area contributed by atoms with Gasteiger partial charge in [-0.3, -0.25) is 0 Å². The van der Waals surface area contributed by atoms with Crippen molar-refractivity contribution >= 4 is 38.5 Å². The van der Waals surface area contributed by atoms with Gasteiger partial charge in [-0.1, -0.05) is 66.0 Å². The fourth-order valence-corrected chi connectivity index (χ4v) is 6.11. The summed E-state index contributed by atoms with van der Waals surface area (Å²) in [5.41, 5.74) is 2.53. The molecule has 1 unspecified atom stereocenters. The second-order valence-corrected chi connectivity index (χ2v) is 15.2. The maximum Gasteiger partial charge on any atom is 0.225 e. The Bertz CT molecular complexity index is 1250. The number of fused-ring (bicyclic) bond motifs is 1. The second-order valence-electron chi connectivity index (χ2n) is 13.3. The topological polar surface area (TPSA) is 104 Å². The number of carbonyl (C=O) groups excluding carboxylic acids is 1. The van der Waals surface area contributed by atoms with Gasteiger partial charge in [0.05, 0.1) is 11.8 Å². The van der Waals surface area contributed by atoms with Crippen LogP contribution in [-0.2, 0) is 14.8 Å². The third kappa shape index (κ3) is 9.90. The van der Waals surface area contributed by atoms with E-state index in [-0.39, 0.29) is 5.78 Å². The zero-order valence-electron chi connectivity index (χ0n) is 27.9. The van der Waals surface area contributed by atoms with Crippen LogP contribution < -0.4 is 14.9 Å². The van der Waals surface area contributed by atoms with E-state index in [1.165, 1.54) is 52.0 Å². The lowest BCUT2D eigenvalue weighted by atomic mass is 9.76. The summed E-state index contributed by atoms with van der Waals surface area (Å²) in [6.07, 6.45) is 11.6. The third-order valence-corrected chi connectivity index (χ3v) is 10.7. The van der Waals surface area contributed by atoms with Crippen LogP contribution in [-0.4, -0.2) is 58.1 Å². The summed E-state index contributed by atoms with van der Waals surface area (Å²) < 4.78 is 21.9. The maximum absolute atomic E-state index is 9.89. The van der Waals surface area contributed by atoms with Gasteiger partial charge >= 0.3 is 0 Å². The van der Waals surface area contributed by atoms with Crippen molar-refractivity contribution in [2.24, 2.45) is 28.6 Å². The summed E-state index contributed by atoms with van der Waals surface area (Å²) >= 11 is 0. The van der Waals surface area contributed by atoms with E-state index in [9.17, 15) is 13.2 Å². The average Bonchev–Trinajstić information content (AvgIpc) is 3.40. The Balaban J connectivity index is 0.000000251. The molecule has 1 aromatic heterocycles. The summed E-state index contributed by atoms with van der Waals surface area (Å²) in [7, 11) is 2.52. The van der Waals surface area contributed by atoms with Crippen LogP contribution in [0.4, 0.5) is 11.8 Å². The molecule has 3 fully saturated rings. The molecule has 3 saturated carbocycles. The zero-order valence-corrected chi connectivity index (χ0v) is 28.7. The largest absolute Gasteiger partial charge is 0.362 e. The quantitative estimate of drug-likeness (QED) is 0.369. The number of ketones is 1. The number of nitrogens with one attached hydrogen (secondary N) is 2. The number of hydrogen-bond acceptors (Lipinski definition) is 7. The summed E-state index contributed by atoms with van der Waals surface area (Å²) in [6.45, 7) is 14.0. The predicted molar refractivity (Wildman–Crippen MR) is 178 cm³/mol. The van der Waals surface area contributed by atoms with Gasteiger partial charge in [0.2, 0.25) is 16.0 Å². The van der Waals surface area contributed by atoms with Gasteiger partial charge < -0.3 is 15.0 Å². The molecule has 0 aliphatic heterocycles. The van der Waals surface area contributed by atoms with Crippen molar-refractivity contribution in [3.8, 4) is 0 Å². The predicted octanol–water partition coefficient (Wildman–Crippen LogP) is 6.92. The zero-order chi connectivity index (χ0) is 31.7. The number of rotatable bonds is 6. The smallest absolute Gasteiger partial charge is 0.225 e. The van der Waals surface area contributed by atoms with Gasteiger partial charge in [0.15, 0.2) is 0 Å². The van der Waals surface area contributed by atoms with Crippen LogP contribution in [0.2, 0.25) is 0 Å². The molecular formula is C33H57N5O3S. The van der Waals surface area contributed by atoms with E-state index in [0.29, 0.717) is 11.8 Å². The van der Waals surface area contributed by atoms with Crippen LogP contribution in [0.25, 0.3) is 10.9 Å². The van der Waals surface area contributed by atoms with Crippen LogP contribution in [0.1, 0.15) is 92.9 Å². The van der Waals surface area contributed by atoms with E-state index in [2.05, 4.69) is 59.8 Å². The molecule has 42 heavy (non-hydrogen) atoms. The van der Waals surface area contributed by atoms with Crippen molar-refractivity contribution in [2.45, 2.75) is 92.9 Å². The molecule has 2 N–H and O–H groups in total. The molecule has 0 radical (unpaired) electrons. The van der Waals surface area contributed by atoms with Crippen LogP contribution in [0.5, 0.6) is 0 Å². The van der Waals surface area contributed by atoms with Crippen molar-refractivity contribution in [3.05, 3.63) is 24.3 Å². The van der Waals surface area contributed by atoms with Gasteiger partial charge in [0.25, 0.3) is 0 Å². The lowest BCUT2D eigenvalue weighted by molar-refractivity contribution is -0.116. The van der Waals surface area contributed by atoms with E-state index in [0.717, 1.165) is 58.6 Å². The van der Waals surface area contributed by atoms with E-state index < -0.39 is 10.0 Å². The molecule has 9 heteroatoms. The molecule has 0 saturated heterocycles. The Kier molecular flexibility index (Phi) is 13.2. The van der Waals surface area contributed by atoms with Gasteiger partial charge in [-0.25, -0.2) is 18.1 Å². The van der Waals surface area contributed by atoms with E-state index in [1.807, 2.05) is 33.2 Å². The molecule has 3 aliphatic rings. The highest BCUT2D eigenvalue weighted by atomic mass is 32.2. The fourth-order valence-electron chi connectivity index (χ4n) is 6.11. The molecule has 1 spiro atoms. The van der Waals surface area contributed by atoms with Crippen molar-refractivity contribution in [1.82, 2.24) is 14.7 Å². The number of sulfonamides is 1. The molecule has 0 bridgehead atoms. The number of benzene rings is 1. The number of hydrogen-bond donors (Lipinski definition) is 2. The van der Waals surface area contributed by atoms with Crippen LogP contribution in [0, 0.1) is 28.6 Å². The Labute approximate surface area is 255 Å². The molecule has 5 rings (SSSR count). The monoisotopic (exact) mass is 603 g/mol. The SMILES string of the molecule is CC1C(C)(C)C12CCC2.CC1CCC(CNc2nc(N(C)C)c3ccccc3n2)CC1.CCC(C)=O.CNS(C)(=O)=O. The first-order chi connectivity index (χ1) is 19.6. The number of anilines is 2. The normalized spacial score (nSPS) is 23.0. The molecule has 0 amide bonds. The first-order valence-electron chi connectivity index (χ1n) is 15.6. The third-order valence-electron chi connectivity index (χ3n) is 9.92. The number of nitrogens with zero attached hydrogens (tertiary/aromatic N) is 3. The lowest BCUT2D eigenvalue weighted by Crippen LogP contribution is -2.21. The molecule has 8 nitrogen and oxygen atoms in total. The lowest BCUT2D eigenvalue weighted by Gasteiger charge is -2.29. The standard InChI is InChI=1S/C18H26N4.C9H16.C4H8O.C2H7NO2S/c1-13-8-10-14(11-9-13)12-19-18-20-16-7-5-4-6-15(16)17(21-18)22(2)3;1-7-8(2,3)9(7)5-4-6-9;1-3-4(2)5;1-3-6(2,4)5/h4-7,13-14H,8-12H2,1-3H3,(H,19,20,21);7H,4-6H2,1-3H3;3H2,1-2H3;3H,1-2H3. The maximum atomic E-state index is 9.89. The second kappa shape index (κ2) is 15.5. The Morgan fingerprint density at radius 2 is 1.57 bits per heavy atom. The molecule has 1 atom stereocenters. The van der Waals surface area contributed by atoms with Crippen molar-refractivity contribution in [1.29, 1.82) is 0 Å². The number of carbonyl (C=O) groups is 1. The molecule has 1 heterocycles. The van der Waals surface area contributed by atoms with Gasteiger partial charge in [0.1, 0.15) is 11.6 Å². The summed E-state index contributed by atoms with van der Waals surface area (Å²) in [5, 5.41) is 4.57. The molecule has 1 aromatic carbocycles. The van der Waals surface area contributed by atoms with E-state index >= 15 is 0 Å². The summed E-state index contributed by atoms with van der Waals surface area (Å²) in [5.74, 6) is 4.65. The highest BCUT2D eigenvalue weighted by Gasteiger charge is 2.70. The number of Topliss-reactive ketones (excluding diaryl/α,β-unsaturated/α-hetero) is 1. The molecular weight excluding hydrogens is 546 g/mol. The average molecular weight is 604 g/mol. The van der Waals surface area contributed by atoms with Gasteiger partial charge in [0, 0.05) is 32.4 Å². The summed E-state index contributed by atoms with van der Waals surface area (Å²) in [6, 6.07) is 8.20. The van der Waals surface area contributed by atoms with Gasteiger partial charge in [-0.15, -0.1) is 0 Å². The minimum Gasteiger partial charge on any atom is -0.362 e. The first kappa shape index (κ1) is 35.9. The Morgan fingerprint density at radius 3 is 1.95 bits per heavy atom. The van der Waals surface area contributed by atoms with E-state index in [1.54, 1.807) is 6.92 Å². The van der Waals surface area contributed by atoms with Gasteiger partial charge in [-0.2, -0.15) is 4.98 Å². The molecule has 238 valence electrons. The molecule has 2 aromatic rings. The van der Waals surface area contributed by atoms with Crippen molar-refractivity contribution in [2.75, 3.05) is 44.2 Å². The van der Waals surface area contributed by atoms with E-state index in [4.69, 9.17) is 4.98 Å². The van der Waals surface area contributed by atoms with Crippen LogP contribution in [0.3, 0.4) is 0 Å². The van der Waals surface area contributed by atoms with Crippen molar-refractivity contribution < 1.29 is 13.2 Å². The van der Waals surface area contributed by atoms with Crippen LogP contribution >= 0.6 is 0 Å². The number of para-hydroxylation sites is 1. The van der Waals surface area contributed by atoms with Gasteiger partial charge in [-0.05, 0) is 80.4 Å². The van der Waals surface area contributed by atoms with Crippen molar-refractivity contribution in [3.63, 3.8) is 0 Å². The highest BCUT2D eigenvalue weighted by Crippen LogP contribution is 2.77. The Hall–Kier alpha value is -2.26. The first-order valence-corrected chi connectivity index (χ1v) is 17.5. The summed E-state index contributed by atoms with van der Waals surface area (Å²) in [4.78, 5) is 21.2. The fraction of sp³-hybridized carbons (Fsp3) is 0.727.